The second-order valence-corrected chi connectivity index (χ2v) is 8.74. The normalized spacial score (nSPS) is 40.2. The summed E-state index contributed by atoms with van der Waals surface area (Å²) in [6.45, 7) is 10.5. The Morgan fingerprint density at radius 2 is 1.88 bits per heavy atom. The van der Waals surface area contributed by atoms with Gasteiger partial charge in [0, 0.05) is 36.2 Å². The van der Waals surface area contributed by atoms with E-state index < -0.39 is 0 Å². The van der Waals surface area contributed by atoms with Gasteiger partial charge in [-0.15, -0.1) is 0 Å². The third kappa shape index (κ3) is 2.21. The van der Waals surface area contributed by atoms with E-state index in [0.29, 0.717) is 12.4 Å². The molecule has 4 nitrogen and oxygen atoms in total. The maximum atomic E-state index is 13.0. The van der Waals surface area contributed by atoms with Gasteiger partial charge < -0.3 is 4.74 Å². The molecule has 2 unspecified atom stereocenters. The minimum absolute atomic E-state index is 0.181. The van der Waals surface area contributed by atoms with Crippen LogP contribution in [0.15, 0.2) is 22.7 Å². The van der Waals surface area contributed by atoms with Gasteiger partial charge >= 0.3 is 0 Å². The highest BCUT2D eigenvalue weighted by molar-refractivity contribution is 9.10. The zero-order chi connectivity index (χ0) is 17.1. The van der Waals surface area contributed by atoms with Gasteiger partial charge in [-0.3, -0.25) is 14.6 Å². The summed E-state index contributed by atoms with van der Waals surface area (Å²) < 4.78 is 6.98. The van der Waals surface area contributed by atoms with E-state index in [1.807, 2.05) is 13.0 Å². The van der Waals surface area contributed by atoms with Crippen LogP contribution in [0.4, 0.5) is 0 Å². The fourth-order valence-electron chi connectivity index (χ4n) is 5.18. The summed E-state index contributed by atoms with van der Waals surface area (Å²) in [5, 5.41) is 0. The highest BCUT2D eigenvalue weighted by Crippen LogP contribution is 2.54. The van der Waals surface area contributed by atoms with Gasteiger partial charge in [-0.05, 0) is 31.5 Å². The van der Waals surface area contributed by atoms with Crippen molar-refractivity contribution in [1.82, 2.24) is 9.80 Å². The van der Waals surface area contributed by atoms with Crippen LogP contribution in [0.5, 0.6) is 5.75 Å². The van der Waals surface area contributed by atoms with Gasteiger partial charge in [0.2, 0.25) is 0 Å². The second kappa shape index (κ2) is 5.55. The van der Waals surface area contributed by atoms with Gasteiger partial charge in [0.15, 0.2) is 0 Å². The highest BCUT2D eigenvalue weighted by atomic mass is 79.9. The smallest absolute Gasteiger partial charge is 0.150 e. The first-order chi connectivity index (χ1) is 11.4. The average molecular weight is 393 g/mol. The third-order valence-electron chi connectivity index (χ3n) is 6.06. The number of nitrogens with zero attached hydrogens (tertiary/aromatic N) is 2. The van der Waals surface area contributed by atoms with E-state index in [0.717, 1.165) is 42.8 Å². The van der Waals surface area contributed by atoms with E-state index in [1.54, 1.807) is 0 Å². The number of hydrogen-bond acceptors (Lipinski definition) is 4. The number of ketones is 1. The van der Waals surface area contributed by atoms with E-state index in [1.165, 1.54) is 5.56 Å². The van der Waals surface area contributed by atoms with Crippen LogP contribution in [0, 0.1) is 10.8 Å². The Hall–Kier alpha value is -0.910. The lowest BCUT2D eigenvalue weighted by molar-refractivity contribution is -0.200. The zero-order valence-electron chi connectivity index (χ0n) is 14.6. The summed E-state index contributed by atoms with van der Waals surface area (Å²) in [5.41, 5.74) is 0.813. The van der Waals surface area contributed by atoms with Crippen molar-refractivity contribution in [1.29, 1.82) is 0 Å². The first-order valence-electron chi connectivity index (χ1n) is 8.88. The summed E-state index contributed by atoms with van der Waals surface area (Å²) in [7, 11) is 0. The molecule has 0 aliphatic carbocycles. The first kappa shape index (κ1) is 16.6. The quantitative estimate of drug-likeness (QED) is 0.785. The number of carbonyl (C=O) groups excluding carboxylic acids is 1. The van der Waals surface area contributed by atoms with Crippen molar-refractivity contribution in [2.75, 3.05) is 32.8 Å². The molecule has 4 saturated heterocycles. The fraction of sp³-hybridized carbons (Fsp3) is 0.632. The Morgan fingerprint density at radius 1 is 1.21 bits per heavy atom. The van der Waals surface area contributed by atoms with Crippen molar-refractivity contribution < 1.29 is 9.53 Å². The van der Waals surface area contributed by atoms with E-state index in [9.17, 15) is 4.79 Å². The van der Waals surface area contributed by atoms with Crippen LogP contribution in [-0.4, -0.2) is 48.4 Å². The van der Waals surface area contributed by atoms with E-state index in [-0.39, 0.29) is 17.0 Å². The number of rotatable bonds is 4. The van der Waals surface area contributed by atoms with Crippen LogP contribution < -0.4 is 4.74 Å². The summed E-state index contributed by atoms with van der Waals surface area (Å²) in [4.78, 5) is 18.0. The summed E-state index contributed by atoms with van der Waals surface area (Å²) in [5.74, 6) is 1.45. The molecule has 0 radical (unpaired) electrons. The summed E-state index contributed by atoms with van der Waals surface area (Å²) >= 11 is 3.61. The lowest BCUT2D eigenvalue weighted by atomic mass is 9.60. The molecule has 4 fully saturated rings. The van der Waals surface area contributed by atoms with Gasteiger partial charge in [-0.2, -0.15) is 0 Å². The SMILES string of the molecule is CCOc1ccc(Br)cc1C1N2CC3(C)CN1CC(CC)(C2)C3=O. The maximum Gasteiger partial charge on any atom is 0.150 e. The maximum absolute atomic E-state index is 13.0. The molecular weight excluding hydrogens is 368 g/mol. The molecule has 24 heavy (non-hydrogen) atoms. The molecule has 0 amide bonds. The molecule has 0 N–H and O–H groups in total. The second-order valence-electron chi connectivity index (χ2n) is 7.82. The van der Waals surface area contributed by atoms with E-state index in [2.05, 4.69) is 51.7 Å². The van der Waals surface area contributed by atoms with Crippen molar-refractivity contribution in [3.63, 3.8) is 0 Å². The van der Waals surface area contributed by atoms with Crippen LogP contribution in [0.25, 0.3) is 0 Å². The van der Waals surface area contributed by atoms with Gasteiger partial charge in [0.25, 0.3) is 0 Å². The number of piperidine rings is 2. The van der Waals surface area contributed by atoms with Crippen LogP contribution in [0.3, 0.4) is 0 Å². The Morgan fingerprint density at radius 3 is 2.46 bits per heavy atom. The lowest BCUT2D eigenvalue weighted by Gasteiger charge is -2.65. The molecule has 4 aliphatic heterocycles. The molecule has 0 saturated carbocycles. The van der Waals surface area contributed by atoms with Crippen LogP contribution in [0.2, 0.25) is 0 Å². The summed E-state index contributed by atoms with van der Waals surface area (Å²) in [6.07, 6.45) is 1.14. The minimum Gasteiger partial charge on any atom is -0.493 e. The zero-order valence-corrected chi connectivity index (χ0v) is 16.2. The average Bonchev–Trinajstić information content (AvgIpc) is 2.53. The minimum atomic E-state index is -0.221. The van der Waals surface area contributed by atoms with Crippen molar-refractivity contribution in [2.24, 2.45) is 10.8 Å². The summed E-state index contributed by atoms with van der Waals surface area (Å²) in [6, 6.07) is 6.27. The molecule has 1 aromatic rings. The Labute approximate surface area is 152 Å². The molecule has 0 spiro atoms. The molecule has 2 atom stereocenters. The third-order valence-corrected chi connectivity index (χ3v) is 6.56. The first-order valence-corrected chi connectivity index (χ1v) is 9.67. The van der Waals surface area contributed by atoms with Crippen molar-refractivity contribution in [2.45, 2.75) is 33.4 Å². The van der Waals surface area contributed by atoms with Crippen LogP contribution in [0.1, 0.15) is 38.9 Å². The number of halogens is 1. The number of hydrogen-bond donors (Lipinski definition) is 0. The van der Waals surface area contributed by atoms with E-state index in [4.69, 9.17) is 4.74 Å². The Balaban J connectivity index is 1.76. The fourth-order valence-corrected chi connectivity index (χ4v) is 5.55. The van der Waals surface area contributed by atoms with Gasteiger partial charge in [0.05, 0.1) is 23.6 Å². The van der Waals surface area contributed by atoms with Gasteiger partial charge in [-0.25, -0.2) is 0 Å². The number of carbonyl (C=O) groups is 1. The number of benzene rings is 1. The van der Waals surface area contributed by atoms with Crippen LogP contribution in [-0.2, 0) is 4.79 Å². The molecule has 5 rings (SSSR count). The molecule has 1 aromatic carbocycles. The molecule has 4 aliphatic rings. The predicted molar refractivity (Wildman–Crippen MR) is 97.0 cm³/mol. The molecule has 5 heteroatoms. The lowest BCUT2D eigenvalue weighted by Crippen LogP contribution is -2.76. The Bertz CT molecular complexity index is 674. The highest BCUT2D eigenvalue weighted by Gasteiger charge is 2.63. The molecule has 4 bridgehead atoms. The molecule has 4 heterocycles. The van der Waals surface area contributed by atoms with E-state index >= 15 is 0 Å². The largest absolute Gasteiger partial charge is 0.493 e. The number of ether oxygens (including phenoxy) is 1. The monoisotopic (exact) mass is 392 g/mol. The molecular formula is C19H25BrN2O2. The molecule has 0 aromatic heterocycles. The van der Waals surface area contributed by atoms with Crippen molar-refractivity contribution >= 4 is 21.7 Å². The standard InChI is InChI=1S/C19H25BrN2O2/c1-4-19-11-21-9-18(3,17(19)23)10-22(12-19)16(21)14-8-13(20)6-7-15(14)24-5-2/h6-8,16H,4-5,9-12H2,1-3H3. The van der Waals surface area contributed by atoms with Crippen molar-refractivity contribution in [3.8, 4) is 5.75 Å². The van der Waals surface area contributed by atoms with Gasteiger partial charge in [0.1, 0.15) is 11.5 Å². The number of Topliss-reactive ketones (excluding diaryl/α,β-unsaturated/α-hetero) is 1. The molecule has 130 valence electrons. The topological polar surface area (TPSA) is 32.8 Å². The predicted octanol–water partition coefficient (Wildman–Crippen LogP) is 3.46. The Kier molecular flexibility index (Phi) is 3.83. The van der Waals surface area contributed by atoms with Crippen molar-refractivity contribution in [3.05, 3.63) is 28.2 Å². The van der Waals surface area contributed by atoms with Crippen LogP contribution >= 0.6 is 15.9 Å². The van der Waals surface area contributed by atoms with Gasteiger partial charge in [-0.1, -0.05) is 29.8 Å².